The van der Waals surface area contributed by atoms with Crippen LogP contribution in [0.15, 0.2) is 78.5 Å². The van der Waals surface area contributed by atoms with E-state index in [1.807, 2.05) is 6.92 Å². The minimum atomic E-state index is -4.10. The molecule has 0 unspecified atom stereocenters. The van der Waals surface area contributed by atoms with E-state index in [-0.39, 0.29) is 84.7 Å². The lowest BCUT2D eigenvalue weighted by Crippen LogP contribution is -2.43. The van der Waals surface area contributed by atoms with E-state index in [0.717, 1.165) is 73.0 Å². The van der Waals surface area contributed by atoms with E-state index < -0.39 is 45.0 Å². The van der Waals surface area contributed by atoms with Crippen molar-refractivity contribution in [2.24, 2.45) is 11.8 Å². The van der Waals surface area contributed by atoms with Gasteiger partial charge in [0.25, 0.3) is 10.0 Å². The maximum atomic E-state index is 14.9. The summed E-state index contributed by atoms with van der Waals surface area (Å²) in [6.45, 7) is 10.1. The van der Waals surface area contributed by atoms with Crippen LogP contribution in [-0.4, -0.2) is 90.1 Å². The quantitative estimate of drug-likeness (QED) is 0.139. The standard InChI is InChI=1S/C29H31F2N5O4S.C17H17F2N5.ClH.2H2S/c1-18-7-9-21(10-8-18)41(38,39)36-17-23(22-13-20(30)14-33-27(22)36)26-32-15-24(31)25(34-26)12-19-6-5-11-35(16-19)28(37)40-29(2,3)4;18-11-5-12-13(8-22-16(12)21-7-11)17-23-9-14(19)15(24-17)4-10-2-1-3-20-6-10;;;/h7-10,13-15,17,19H,5-6,11-12,16H2,1-4H3;5,7-10,20H,1-4,6H2,(H,21,22);1H;2*1H2/t19-;10-;;;/m11.../s1. The lowest BCUT2D eigenvalue weighted by atomic mass is 9.93. The molecule has 2 aliphatic rings. The SMILES string of the molecule is Cc1ccc(S(=O)(=O)n2cc(-c3ncc(F)c(C[C@H]4CCCN(C(=O)OC(C)(C)C)C4)n3)c3cc(F)cnc32)cc1.Cl.Fc1cnc2[nH]cc(-c3ncc(F)c(C[C@H]4CCCNC4)n3)c2c1.S.S. The van der Waals surface area contributed by atoms with Crippen LogP contribution in [0.5, 0.6) is 0 Å². The highest BCUT2D eigenvalue weighted by Crippen LogP contribution is 2.33. The molecule has 2 fully saturated rings. The first-order chi connectivity index (χ1) is 31.0. The number of likely N-dealkylation sites (tertiary alicyclic amines) is 1. The molecule has 14 nitrogen and oxygen atoms in total. The first-order valence-electron chi connectivity index (χ1n) is 21.4. The zero-order chi connectivity index (χ0) is 46.0. The third-order valence-electron chi connectivity index (χ3n) is 11.3. The maximum Gasteiger partial charge on any atom is 0.410 e. The number of aromatic nitrogens is 8. The molecule has 0 radical (unpaired) electrons. The van der Waals surface area contributed by atoms with E-state index in [4.69, 9.17) is 4.74 Å². The summed E-state index contributed by atoms with van der Waals surface area (Å²) < 4.78 is 90.4. The summed E-state index contributed by atoms with van der Waals surface area (Å²) >= 11 is 0. The van der Waals surface area contributed by atoms with Crippen molar-refractivity contribution in [3.63, 3.8) is 0 Å². The average Bonchev–Trinajstić information content (AvgIpc) is 3.87. The highest BCUT2D eigenvalue weighted by molar-refractivity contribution is 7.90. The molecule has 2 aliphatic heterocycles. The molecule has 0 spiro atoms. The molecule has 0 bridgehead atoms. The maximum absolute atomic E-state index is 14.9. The Bertz CT molecular complexity index is 2990. The average molecular weight is 1020 g/mol. The highest BCUT2D eigenvalue weighted by Gasteiger charge is 2.30. The van der Waals surface area contributed by atoms with Crippen molar-refractivity contribution in [1.82, 2.24) is 49.1 Å². The van der Waals surface area contributed by atoms with Gasteiger partial charge in [-0.3, -0.25) is 0 Å². The van der Waals surface area contributed by atoms with Gasteiger partial charge in [-0.15, -0.1) is 12.4 Å². The van der Waals surface area contributed by atoms with Gasteiger partial charge in [0, 0.05) is 47.4 Å². The van der Waals surface area contributed by atoms with Gasteiger partial charge in [-0.25, -0.2) is 64.7 Å². The Morgan fingerprint density at radius 3 is 2.04 bits per heavy atom. The number of hydrogen-bond donors (Lipinski definition) is 2. The van der Waals surface area contributed by atoms with Gasteiger partial charge in [0.1, 0.15) is 22.9 Å². The number of H-pyrrole nitrogens is 1. The molecule has 0 saturated carbocycles. The molecule has 2 N–H and O–H groups in total. The second-order valence-corrected chi connectivity index (χ2v) is 19.3. The Hall–Kier alpha value is -5.35. The van der Waals surface area contributed by atoms with E-state index in [1.54, 1.807) is 44.0 Å². The van der Waals surface area contributed by atoms with E-state index in [9.17, 15) is 30.8 Å². The summed E-state index contributed by atoms with van der Waals surface area (Å²) in [4.78, 5) is 42.3. The van der Waals surface area contributed by atoms with Crippen LogP contribution in [0.3, 0.4) is 0 Å². The van der Waals surface area contributed by atoms with E-state index in [2.05, 4.69) is 40.2 Å². The number of piperidine rings is 2. The van der Waals surface area contributed by atoms with Crippen LogP contribution >= 0.6 is 39.4 Å². The van der Waals surface area contributed by atoms with Gasteiger partial charge in [0.2, 0.25) is 0 Å². The smallest absolute Gasteiger partial charge is 0.410 e. The van der Waals surface area contributed by atoms with Gasteiger partial charge in [-0.05, 0) is 115 Å². The second kappa shape index (κ2) is 22.4. The van der Waals surface area contributed by atoms with Crippen molar-refractivity contribution in [1.29, 1.82) is 0 Å². The number of nitrogens with zero attached hydrogens (tertiary/aromatic N) is 8. The van der Waals surface area contributed by atoms with Crippen LogP contribution in [0.1, 0.15) is 63.4 Å². The van der Waals surface area contributed by atoms with Crippen molar-refractivity contribution >= 4 is 77.6 Å². The van der Waals surface area contributed by atoms with Crippen LogP contribution in [0, 0.1) is 42.0 Å². The highest BCUT2D eigenvalue weighted by atomic mass is 35.5. The number of rotatable bonds is 8. The monoisotopic (exact) mass is 1020 g/mol. The minimum Gasteiger partial charge on any atom is -0.444 e. The number of carbonyl (C=O) groups is 1. The third-order valence-corrected chi connectivity index (χ3v) is 13.0. The number of aromatic amines is 1. The first-order valence-corrected chi connectivity index (χ1v) is 22.8. The van der Waals surface area contributed by atoms with Crippen LogP contribution in [0.25, 0.3) is 44.8 Å². The second-order valence-electron chi connectivity index (χ2n) is 17.5. The number of aryl methyl sites for hydroxylation is 1. The first kappa shape index (κ1) is 53.6. The lowest BCUT2D eigenvalue weighted by Gasteiger charge is -2.34. The number of ether oxygens (including phenoxy) is 1. The number of nitrogens with one attached hydrogen (secondary N) is 2. The number of pyridine rings is 2. The number of fused-ring (bicyclic) bond motifs is 2. The van der Waals surface area contributed by atoms with Crippen LogP contribution < -0.4 is 5.32 Å². The third kappa shape index (κ3) is 12.3. The molecule has 22 heteroatoms. The topological polar surface area (TPSA) is 174 Å². The van der Waals surface area contributed by atoms with Crippen molar-refractivity contribution in [3.05, 3.63) is 114 Å². The molecule has 1 amide bonds. The summed E-state index contributed by atoms with van der Waals surface area (Å²) in [5.74, 6) is -1.40. The Morgan fingerprint density at radius 2 is 1.41 bits per heavy atom. The molecule has 9 rings (SSSR count). The fraction of sp³-hybridized carbons (Fsp3) is 0.370. The van der Waals surface area contributed by atoms with Gasteiger partial charge >= 0.3 is 6.09 Å². The zero-order valence-corrected chi connectivity index (χ0v) is 41.3. The van der Waals surface area contributed by atoms with Gasteiger partial charge in [0.05, 0.1) is 41.1 Å². The fourth-order valence-corrected chi connectivity index (χ4v) is 9.45. The molecule has 2 saturated heterocycles. The molecule has 68 heavy (non-hydrogen) atoms. The van der Waals surface area contributed by atoms with Gasteiger partial charge in [0.15, 0.2) is 28.9 Å². The number of hydrogen-bond acceptors (Lipinski definition) is 11. The molecule has 8 heterocycles. The Morgan fingerprint density at radius 1 is 0.809 bits per heavy atom. The van der Waals surface area contributed by atoms with Crippen molar-refractivity contribution in [3.8, 4) is 22.8 Å². The molecule has 364 valence electrons. The lowest BCUT2D eigenvalue weighted by molar-refractivity contribution is 0.0165. The van der Waals surface area contributed by atoms with Crippen molar-refractivity contribution < 1.29 is 35.5 Å². The van der Waals surface area contributed by atoms with Gasteiger partial charge in [-0.1, -0.05) is 17.7 Å². The molecule has 2 atom stereocenters. The predicted molar refractivity (Wildman–Crippen MR) is 263 cm³/mol. The summed E-state index contributed by atoms with van der Waals surface area (Å²) in [7, 11) is -4.10. The van der Waals surface area contributed by atoms with Crippen LogP contribution in [0.2, 0.25) is 0 Å². The zero-order valence-electron chi connectivity index (χ0n) is 37.7. The number of benzene rings is 1. The fourth-order valence-electron chi connectivity index (χ4n) is 8.12. The molecule has 6 aromatic heterocycles. The summed E-state index contributed by atoms with van der Waals surface area (Å²) in [5, 5.41) is 4.09. The van der Waals surface area contributed by atoms with E-state index >= 15 is 0 Å². The van der Waals surface area contributed by atoms with Gasteiger partial charge < -0.3 is 19.9 Å². The molecular formula is C46H53ClF4N10O4S3. The Labute approximate surface area is 411 Å². The van der Waals surface area contributed by atoms with Crippen molar-refractivity contribution in [2.75, 3.05) is 26.2 Å². The van der Waals surface area contributed by atoms with Crippen LogP contribution in [-0.2, 0) is 27.6 Å². The number of halogens is 5. The Balaban J connectivity index is 0.000000274. The molecule has 0 aliphatic carbocycles. The summed E-state index contributed by atoms with van der Waals surface area (Å²) in [5.41, 5.74) is 2.17. The molecular weight excluding hydrogens is 964 g/mol. The number of amides is 1. The van der Waals surface area contributed by atoms with Crippen LogP contribution in [0.4, 0.5) is 22.4 Å². The van der Waals surface area contributed by atoms with E-state index in [1.165, 1.54) is 30.6 Å². The minimum absolute atomic E-state index is 0. The Kier molecular flexibility index (Phi) is 17.6. The largest absolute Gasteiger partial charge is 0.444 e. The normalized spacial score (nSPS) is 16.2. The van der Waals surface area contributed by atoms with Gasteiger partial charge in [-0.2, -0.15) is 27.0 Å². The van der Waals surface area contributed by atoms with E-state index in [0.29, 0.717) is 53.5 Å². The predicted octanol–water partition coefficient (Wildman–Crippen LogP) is 8.99. The molecule has 7 aromatic rings. The summed E-state index contributed by atoms with van der Waals surface area (Å²) in [6.07, 6.45) is 11.3. The molecule has 1 aromatic carbocycles. The van der Waals surface area contributed by atoms with Crippen molar-refractivity contribution in [2.45, 2.75) is 76.7 Å². The summed E-state index contributed by atoms with van der Waals surface area (Å²) in [6, 6.07) is 8.86. The number of carbonyl (C=O) groups excluding carboxylic acids is 1.